The summed E-state index contributed by atoms with van der Waals surface area (Å²) >= 11 is 3.71. The minimum atomic E-state index is -0.107. The lowest BCUT2D eigenvalue weighted by molar-refractivity contribution is 0.608. The van der Waals surface area contributed by atoms with Crippen LogP contribution in [0.25, 0.3) is 0 Å². The molecule has 2 heteroatoms. The molecule has 1 unspecified atom stereocenters. The fourth-order valence-electron chi connectivity index (χ4n) is 2.24. The van der Waals surface area contributed by atoms with Gasteiger partial charge in [-0.25, -0.2) is 4.39 Å². The number of hydrogen-bond donors (Lipinski definition) is 0. The van der Waals surface area contributed by atoms with Gasteiger partial charge in [-0.05, 0) is 48.1 Å². The summed E-state index contributed by atoms with van der Waals surface area (Å²) in [5, 5.41) is 0. The van der Waals surface area contributed by atoms with Gasteiger partial charge >= 0.3 is 0 Å². The van der Waals surface area contributed by atoms with Crippen molar-refractivity contribution >= 4 is 15.9 Å². The molecule has 2 aromatic rings. The summed E-state index contributed by atoms with van der Waals surface area (Å²) in [4.78, 5) is 0.108. The van der Waals surface area contributed by atoms with Crippen molar-refractivity contribution < 1.29 is 4.39 Å². The summed E-state index contributed by atoms with van der Waals surface area (Å²) in [5.74, 6) is -0.107. The maximum atomic E-state index is 13.7. The molecule has 0 fully saturated rings. The SMILES string of the molecule is CCc1ccc(C(Br)c2cc(C)c(F)c(C)c2)cc1. The molecule has 100 valence electrons. The van der Waals surface area contributed by atoms with Crippen molar-refractivity contribution in [3.05, 3.63) is 70.0 Å². The predicted octanol–water partition coefficient (Wildman–Crippen LogP) is 5.49. The van der Waals surface area contributed by atoms with Crippen LogP contribution >= 0.6 is 15.9 Å². The normalized spacial score (nSPS) is 12.5. The van der Waals surface area contributed by atoms with Gasteiger partial charge in [0.25, 0.3) is 0 Å². The molecule has 0 aliphatic heterocycles. The van der Waals surface area contributed by atoms with Gasteiger partial charge in [-0.1, -0.05) is 59.3 Å². The molecule has 0 nitrogen and oxygen atoms in total. The lowest BCUT2D eigenvalue weighted by Gasteiger charge is -2.14. The number of alkyl halides is 1. The van der Waals surface area contributed by atoms with Gasteiger partial charge in [0.1, 0.15) is 5.82 Å². The van der Waals surface area contributed by atoms with Crippen molar-refractivity contribution in [2.24, 2.45) is 0 Å². The highest BCUT2D eigenvalue weighted by molar-refractivity contribution is 9.09. The smallest absolute Gasteiger partial charge is 0.129 e. The van der Waals surface area contributed by atoms with E-state index in [1.54, 1.807) is 0 Å². The first-order valence-corrected chi connectivity index (χ1v) is 7.44. The van der Waals surface area contributed by atoms with Gasteiger partial charge in [0.15, 0.2) is 0 Å². The van der Waals surface area contributed by atoms with E-state index in [4.69, 9.17) is 0 Å². The third-order valence-corrected chi connectivity index (χ3v) is 4.49. The monoisotopic (exact) mass is 320 g/mol. The molecule has 0 bridgehead atoms. The molecule has 19 heavy (non-hydrogen) atoms. The van der Waals surface area contributed by atoms with E-state index in [0.717, 1.165) is 12.0 Å². The average molecular weight is 321 g/mol. The van der Waals surface area contributed by atoms with E-state index < -0.39 is 0 Å². The molecule has 0 amide bonds. The third-order valence-electron chi connectivity index (χ3n) is 3.43. The predicted molar refractivity (Wildman–Crippen MR) is 82.5 cm³/mol. The minimum Gasteiger partial charge on any atom is -0.206 e. The zero-order valence-corrected chi connectivity index (χ0v) is 13.1. The van der Waals surface area contributed by atoms with Crippen LogP contribution in [0.5, 0.6) is 0 Å². The highest BCUT2D eigenvalue weighted by Gasteiger charge is 2.13. The van der Waals surface area contributed by atoms with Gasteiger partial charge in [0.05, 0.1) is 4.83 Å². The van der Waals surface area contributed by atoms with Crippen LogP contribution in [0.3, 0.4) is 0 Å². The molecule has 1 atom stereocenters. The largest absolute Gasteiger partial charge is 0.206 e. The number of hydrogen-bond acceptors (Lipinski definition) is 0. The molecule has 0 saturated heterocycles. The Morgan fingerprint density at radius 2 is 1.53 bits per heavy atom. The van der Waals surface area contributed by atoms with Crippen LogP contribution in [0, 0.1) is 19.7 Å². The summed E-state index contributed by atoms with van der Waals surface area (Å²) in [7, 11) is 0. The van der Waals surface area contributed by atoms with E-state index in [2.05, 4.69) is 47.1 Å². The molecule has 0 N–H and O–H groups in total. The van der Waals surface area contributed by atoms with Gasteiger partial charge in [0.2, 0.25) is 0 Å². The van der Waals surface area contributed by atoms with Gasteiger partial charge in [-0.3, -0.25) is 0 Å². The maximum absolute atomic E-state index is 13.7. The molecular weight excluding hydrogens is 303 g/mol. The number of benzene rings is 2. The number of rotatable bonds is 3. The van der Waals surface area contributed by atoms with Crippen LogP contribution in [-0.2, 0) is 6.42 Å². The van der Waals surface area contributed by atoms with Gasteiger partial charge in [-0.2, -0.15) is 0 Å². The van der Waals surface area contributed by atoms with Crippen LogP contribution in [-0.4, -0.2) is 0 Å². The van der Waals surface area contributed by atoms with Gasteiger partial charge in [-0.15, -0.1) is 0 Å². The second-order valence-electron chi connectivity index (χ2n) is 4.93. The zero-order chi connectivity index (χ0) is 14.0. The summed E-state index contributed by atoms with van der Waals surface area (Å²) < 4.78 is 13.7. The minimum absolute atomic E-state index is 0.107. The summed E-state index contributed by atoms with van der Waals surface area (Å²) in [6.07, 6.45) is 1.04. The van der Waals surface area contributed by atoms with E-state index in [0.29, 0.717) is 11.1 Å². The Labute approximate surface area is 122 Å². The van der Waals surface area contributed by atoms with Crippen molar-refractivity contribution in [2.45, 2.75) is 32.0 Å². The molecule has 0 aromatic heterocycles. The molecule has 2 aromatic carbocycles. The summed E-state index contributed by atoms with van der Waals surface area (Å²) in [5.41, 5.74) is 5.02. The first kappa shape index (κ1) is 14.3. The van der Waals surface area contributed by atoms with Crippen LogP contribution in [0.2, 0.25) is 0 Å². The van der Waals surface area contributed by atoms with Gasteiger partial charge in [0, 0.05) is 0 Å². The number of halogens is 2. The van der Waals surface area contributed by atoms with Crippen LogP contribution < -0.4 is 0 Å². The molecular formula is C17H18BrF. The average Bonchev–Trinajstić information content (AvgIpc) is 2.43. The second kappa shape index (κ2) is 5.87. The van der Waals surface area contributed by atoms with Crippen LogP contribution in [0.15, 0.2) is 36.4 Å². The van der Waals surface area contributed by atoms with Crippen molar-refractivity contribution in [1.82, 2.24) is 0 Å². The third kappa shape index (κ3) is 3.06. The Bertz CT molecular complexity index is 549. The maximum Gasteiger partial charge on any atom is 0.129 e. The summed E-state index contributed by atoms with van der Waals surface area (Å²) in [6.45, 7) is 5.77. The molecule has 0 aliphatic rings. The topological polar surface area (TPSA) is 0 Å². The second-order valence-corrected chi connectivity index (χ2v) is 5.84. The highest BCUT2D eigenvalue weighted by atomic mass is 79.9. The Kier molecular flexibility index (Phi) is 4.41. The van der Waals surface area contributed by atoms with Crippen molar-refractivity contribution in [3.8, 4) is 0 Å². The Balaban J connectivity index is 2.35. The first-order chi connectivity index (χ1) is 9.02. The Morgan fingerprint density at radius 1 is 1.00 bits per heavy atom. The van der Waals surface area contributed by atoms with E-state index in [-0.39, 0.29) is 10.6 Å². The Morgan fingerprint density at radius 3 is 2.00 bits per heavy atom. The number of aryl methyl sites for hydroxylation is 3. The lowest BCUT2D eigenvalue weighted by atomic mass is 9.99. The van der Waals surface area contributed by atoms with Crippen LogP contribution in [0.1, 0.15) is 39.6 Å². The van der Waals surface area contributed by atoms with Crippen molar-refractivity contribution in [2.75, 3.05) is 0 Å². The first-order valence-electron chi connectivity index (χ1n) is 6.52. The fourth-order valence-corrected chi connectivity index (χ4v) is 2.81. The van der Waals surface area contributed by atoms with E-state index >= 15 is 0 Å². The quantitative estimate of drug-likeness (QED) is 0.656. The Hall–Kier alpha value is -1.15. The molecule has 0 saturated carbocycles. The van der Waals surface area contributed by atoms with Crippen molar-refractivity contribution in [3.63, 3.8) is 0 Å². The fraction of sp³-hybridized carbons (Fsp3) is 0.294. The molecule has 0 heterocycles. The molecule has 2 rings (SSSR count). The zero-order valence-electron chi connectivity index (χ0n) is 11.5. The standard InChI is InChI=1S/C17H18BrF/c1-4-13-5-7-14(8-6-13)16(18)15-9-11(2)17(19)12(3)10-15/h5-10,16H,4H2,1-3H3. The lowest BCUT2D eigenvalue weighted by Crippen LogP contribution is -1.97. The molecule has 0 spiro atoms. The van der Waals surface area contributed by atoms with E-state index in [1.165, 1.54) is 11.1 Å². The molecule has 0 radical (unpaired) electrons. The van der Waals surface area contributed by atoms with Gasteiger partial charge < -0.3 is 0 Å². The van der Waals surface area contributed by atoms with Crippen LogP contribution in [0.4, 0.5) is 4.39 Å². The highest BCUT2D eigenvalue weighted by Crippen LogP contribution is 2.32. The molecule has 0 aliphatic carbocycles. The summed E-state index contributed by atoms with van der Waals surface area (Å²) in [6, 6.07) is 12.4. The van der Waals surface area contributed by atoms with E-state index in [9.17, 15) is 4.39 Å². The van der Waals surface area contributed by atoms with E-state index in [1.807, 2.05) is 26.0 Å². The van der Waals surface area contributed by atoms with Crippen molar-refractivity contribution in [1.29, 1.82) is 0 Å².